The molecule has 0 unspecified atom stereocenters. The van der Waals surface area contributed by atoms with Gasteiger partial charge in [0.2, 0.25) is 0 Å². The van der Waals surface area contributed by atoms with Gasteiger partial charge in [0.25, 0.3) is 5.91 Å². The molecular weight excluding hydrogens is 368 g/mol. The molecule has 2 rings (SSSR count). The highest BCUT2D eigenvalue weighted by Gasteiger charge is 2.25. The lowest BCUT2D eigenvalue weighted by molar-refractivity contribution is 0.00844. The number of rotatable bonds is 10. The van der Waals surface area contributed by atoms with Crippen molar-refractivity contribution in [3.8, 4) is 11.5 Å². The maximum atomic E-state index is 12.9. The van der Waals surface area contributed by atoms with Gasteiger partial charge in [-0.3, -0.25) is 4.79 Å². The van der Waals surface area contributed by atoms with Crippen molar-refractivity contribution in [1.82, 2.24) is 4.90 Å². The predicted octanol–water partition coefficient (Wildman–Crippen LogP) is 3.50. The molecule has 1 aromatic carbocycles. The number of piperidine rings is 1. The number of nitrogens with two attached hydrogens (primary N) is 1. The number of benzene rings is 1. The van der Waals surface area contributed by atoms with Crippen LogP contribution in [0.25, 0.3) is 0 Å². The smallest absolute Gasteiger partial charge is 0.254 e. The number of hydrogen-bond donors (Lipinski definition) is 1. The number of ether oxygens (including phenoxy) is 3. The van der Waals surface area contributed by atoms with Crippen LogP contribution >= 0.6 is 11.6 Å². The maximum Gasteiger partial charge on any atom is 0.254 e. The Kier molecular flexibility index (Phi) is 9.18. The Morgan fingerprint density at radius 2 is 2.00 bits per heavy atom. The van der Waals surface area contributed by atoms with Crippen LogP contribution in [-0.4, -0.2) is 56.9 Å². The minimum Gasteiger partial charge on any atom is -0.493 e. The number of unbranched alkanes of at least 4 members (excludes halogenated alkanes) is 1. The van der Waals surface area contributed by atoms with E-state index in [0.717, 1.165) is 32.1 Å². The van der Waals surface area contributed by atoms with Crippen LogP contribution in [0.5, 0.6) is 11.5 Å². The molecule has 0 aliphatic carbocycles. The van der Waals surface area contributed by atoms with Crippen molar-refractivity contribution in [1.29, 1.82) is 0 Å². The molecule has 1 heterocycles. The third-order valence-corrected chi connectivity index (χ3v) is 4.93. The summed E-state index contributed by atoms with van der Waals surface area (Å²) in [6.45, 7) is 5.31. The van der Waals surface area contributed by atoms with E-state index in [4.69, 9.17) is 31.5 Å². The second kappa shape index (κ2) is 11.4. The Balaban J connectivity index is 1.99. The third kappa shape index (κ3) is 6.26. The molecule has 1 aliphatic rings. The lowest BCUT2D eigenvalue weighted by Crippen LogP contribution is -2.41. The van der Waals surface area contributed by atoms with Crippen LogP contribution < -0.4 is 15.2 Å². The molecule has 1 aromatic rings. The first-order chi connectivity index (χ1) is 13.1. The van der Waals surface area contributed by atoms with E-state index in [1.54, 1.807) is 19.2 Å². The van der Waals surface area contributed by atoms with Gasteiger partial charge in [0.05, 0.1) is 24.8 Å². The number of methoxy groups -OCH3 is 1. The van der Waals surface area contributed by atoms with Gasteiger partial charge in [0, 0.05) is 25.3 Å². The fourth-order valence-corrected chi connectivity index (χ4v) is 3.31. The summed E-state index contributed by atoms with van der Waals surface area (Å²) >= 11 is 6.36. The topological polar surface area (TPSA) is 74.0 Å². The zero-order valence-corrected chi connectivity index (χ0v) is 17.1. The first-order valence-electron chi connectivity index (χ1n) is 9.72. The molecule has 0 atom stereocenters. The molecule has 0 aromatic heterocycles. The molecule has 1 aliphatic heterocycles. The zero-order valence-electron chi connectivity index (χ0n) is 16.3. The van der Waals surface area contributed by atoms with E-state index < -0.39 is 0 Å². The lowest BCUT2D eigenvalue weighted by atomic mass is 10.1. The first-order valence-corrected chi connectivity index (χ1v) is 10.1. The molecule has 0 bridgehead atoms. The van der Waals surface area contributed by atoms with E-state index in [9.17, 15) is 4.79 Å². The Morgan fingerprint density at radius 3 is 2.63 bits per heavy atom. The van der Waals surface area contributed by atoms with Crippen LogP contribution in [0.1, 0.15) is 49.4 Å². The highest BCUT2D eigenvalue weighted by atomic mass is 35.5. The Labute approximate surface area is 166 Å². The minimum absolute atomic E-state index is 0.0456. The third-order valence-electron chi connectivity index (χ3n) is 4.65. The molecule has 152 valence electrons. The van der Waals surface area contributed by atoms with Gasteiger partial charge in [-0.05, 0) is 44.4 Å². The molecule has 1 amide bonds. The number of carbonyl (C=O) groups excluding carboxylic acids is 1. The molecule has 0 radical (unpaired) electrons. The monoisotopic (exact) mass is 398 g/mol. The summed E-state index contributed by atoms with van der Waals surface area (Å²) in [5.74, 6) is 0.939. The highest BCUT2D eigenvalue weighted by molar-refractivity contribution is 6.32. The van der Waals surface area contributed by atoms with Gasteiger partial charge in [-0.1, -0.05) is 24.9 Å². The van der Waals surface area contributed by atoms with E-state index >= 15 is 0 Å². The summed E-state index contributed by atoms with van der Waals surface area (Å²) in [5, 5.41) is 0.397. The lowest BCUT2D eigenvalue weighted by Gasteiger charge is -2.32. The normalized spacial score (nSPS) is 15.0. The molecular formula is C20H31ClN2O4. The second-order valence-electron chi connectivity index (χ2n) is 6.70. The van der Waals surface area contributed by atoms with Gasteiger partial charge in [-0.15, -0.1) is 0 Å². The molecule has 0 spiro atoms. The van der Waals surface area contributed by atoms with Crippen molar-refractivity contribution in [2.24, 2.45) is 5.73 Å². The fraction of sp³-hybridized carbons (Fsp3) is 0.650. The van der Waals surface area contributed by atoms with Crippen LogP contribution in [0, 0.1) is 0 Å². The molecule has 7 heteroatoms. The average Bonchev–Trinajstić information content (AvgIpc) is 2.69. The summed E-state index contributed by atoms with van der Waals surface area (Å²) in [7, 11) is 1.55. The van der Waals surface area contributed by atoms with E-state index in [0.29, 0.717) is 54.9 Å². The first kappa shape index (κ1) is 21.8. The Hall–Kier alpha value is -1.50. The van der Waals surface area contributed by atoms with Crippen molar-refractivity contribution in [2.75, 3.05) is 40.0 Å². The van der Waals surface area contributed by atoms with Crippen LogP contribution in [0.4, 0.5) is 0 Å². The van der Waals surface area contributed by atoms with Crippen molar-refractivity contribution in [3.63, 3.8) is 0 Å². The largest absolute Gasteiger partial charge is 0.493 e. The van der Waals surface area contributed by atoms with Gasteiger partial charge in [0.1, 0.15) is 0 Å². The number of hydrogen-bond acceptors (Lipinski definition) is 5. The molecule has 1 saturated heterocycles. The molecule has 2 N–H and O–H groups in total. The maximum absolute atomic E-state index is 12.9. The molecule has 27 heavy (non-hydrogen) atoms. The zero-order chi connectivity index (χ0) is 19.6. The summed E-state index contributed by atoms with van der Waals surface area (Å²) in [6.07, 6.45) is 4.70. The van der Waals surface area contributed by atoms with Crippen LogP contribution in [-0.2, 0) is 4.74 Å². The summed E-state index contributed by atoms with van der Waals surface area (Å²) in [5.41, 5.74) is 6.00. The SMILES string of the molecule is CCCCOc1c(Cl)cc(C(=O)N2CCC(OCCCN)CC2)cc1OC. The highest BCUT2D eigenvalue weighted by Crippen LogP contribution is 2.37. The summed E-state index contributed by atoms with van der Waals surface area (Å²) in [6, 6.07) is 3.37. The molecule has 0 saturated carbocycles. The van der Waals surface area contributed by atoms with Crippen LogP contribution in [0.15, 0.2) is 12.1 Å². The fourth-order valence-electron chi connectivity index (χ4n) is 3.04. The van der Waals surface area contributed by atoms with Crippen LogP contribution in [0.2, 0.25) is 5.02 Å². The number of amides is 1. The summed E-state index contributed by atoms with van der Waals surface area (Å²) < 4.78 is 16.9. The quantitative estimate of drug-likeness (QED) is 0.610. The molecule has 6 nitrogen and oxygen atoms in total. The number of likely N-dealkylation sites (tertiary alicyclic amines) is 1. The summed E-state index contributed by atoms with van der Waals surface area (Å²) in [4.78, 5) is 14.7. The molecule has 1 fully saturated rings. The number of halogens is 1. The van der Waals surface area contributed by atoms with Crippen LogP contribution in [0.3, 0.4) is 0 Å². The predicted molar refractivity (Wildman–Crippen MR) is 107 cm³/mol. The standard InChI is InChI=1S/C20H31ClN2O4/c1-3-4-11-27-19-17(21)13-15(14-18(19)25-2)20(24)23-9-6-16(7-10-23)26-12-5-8-22/h13-14,16H,3-12,22H2,1-2H3. The Bertz CT molecular complexity index is 604. The van der Waals surface area contributed by atoms with Gasteiger partial charge >= 0.3 is 0 Å². The number of nitrogens with zero attached hydrogens (tertiary/aromatic N) is 1. The number of carbonyl (C=O) groups is 1. The van der Waals surface area contributed by atoms with Crippen molar-refractivity contribution < 1.29 is 19.0 Å². The Morgan fingerprint density at radius 1 is 1.26 bits per heavy atom. The van der Waals surface area contributed by atoms with Gasteiger partial charge in [-0.2, -0.15) is 0 Å². The minimum atomic E-state index is -0.0456. The second-order valence-corrected chi connectivity index (χ2v) is 7.10. The van der Waals surface area contributed by atoms with Crippen molar-refractivity contribution in [3.05, 3.63) is 22.7 Å². The van der Waals surface area contributed by atoms with E-state index in [1.165, 1.54) is 0 Å². The van der Waals surface area contributed by atoms with E-state index in [-0.39, 0.29) is 12.0 Å². The van der Waals surface area contributed by atoms with Crippen molar-refractivity contribution >= 4 is 17.5 Å². The van der Waals surface area contributed by atoms with E-state index in [2.05, 4.69) is 6.92 Å². The van der Waals surface area contributed by atoms with Gasteiger partial charge in [0.15, 0.2) is 11.5 Å². The average molecular weight is 399 g/mol. The van der Waals surface area contributed by atoms with Gasteiger partial charge < -0.3 is 24.8 Å². The van der Waals surface area contributed by atoms with E-state index in [1.807, 2.05) is 4.90 Å². The van der Waals surface area contributed by atoms with Gasteiger partial charge in [-0.25, -0.2) is 0 Å². The van der Waals surface area contributed by atoms with Crippen molar-refractivity contribution in [2.45, 2.75) is 45.1 Å².